The maximum atomic E-state index is 5.75. The molecule has 0 aliphatic heterocycles. The number of benzene rings is 1. The minimum atomic E-state index is 0.390. The van der Waals surface area contributed by atoms with Crippen molar-refractivity contribution in [3.05, 3.63) is 45.7 Å². The molecule has 1 heterocycles. The van der Waals surface area contributed by atoms with Gasteiger partial charge in [0.05, 0.1) is 6.54 Å². The Morgan fingerprint density at radius 1 is 1.21 bits per heavy atom. The fraction of sp³-hybridized carbons (Fsp3) is 0.111. The van der Waals surface area contributed by atoms with Crippen molar-refractivity contribution in [1.82, 2.24) is 15.0 Å². The predicted octanol–water partition coefficient (Wildman–Crippen LogP) is 2.74. The molecule has 0 bridgehead atoms. The van der Waals surface area contributed by atoms with Crippen molar-refractivity contribution in [1.29, 1.82) is 0 Å². The molecule has 0 unspecified atom stereocenters. The second-order valence-corrected chi connectivity index (χ2v) is 3.91. The van der Waals surface area contributed by atoms with Gasteiger partial charge in [0.2, 0.25) is 0 Å². The van der Waals surface area contributed by atoms with Crippen LogP contribution in [0.2, 0.25) is 5.15 Å². The normalized spacial score (nSPS) is 10.4. The van der Waals surface area contributed by atoms with E-state index in [1.165, 1.54) is 0 Å². The molecule has 1 aromatic heterocycles. The molecule has 0 atom stereocenters. The summed E-state index contributed by atoms with van der Waals surface area (Å²) in [7, 11) is 0. The van der Waals surface area contributed by atoms with E-state index < -0.39 is 0 Å². The Hall–Kier alpha value is -0.870. The lowest BCUT2D eigenvalue weighted by atomic mass is 10.2. The third-order valence-electron chi connectivity index (χ3n) is 1.74. The number of hydrogen-bond acceptors (Lipinski definition) is 2. The third-order valence-corrected chi connectivity index (χ3v) is 2.76. The zero-order chi connectivity index (χ0) is 9.97. The maximum Gasteiger partial charge on any atom is 0.185 e. The van der Waals surface area contributed by atoms with E-state index in [9.17, 15) is 0 Å². The molecule has 72 valence electrons. The van der Waals surface area contributed by atoms with Gasteiger partial charge in [0.1, 0.15) is 0 Å². The van der Waals surface area contributed by atoms with Gasteiger partial charge < -0.3 is 0 Å². The molecule has 5 heteroatoms. The van der Waals surface area contributed by atoms with Crippen LogP contribution in [0.25, 0.3) is 0 Å². The summed E-state index contributed by atoms with van der Waals surface area (Å²) in [6.07, 6.45) is 0. The van der Waals surface area contributed by atoms with Gasteiger partial charge in [0.15, 0.2) is 9.76 Å². The minimum Gasteiger partial charge on any atom is -0.178 e. The minimum absolute atomic E-state index is 0.390. The highest BCUT2D eigenvalue weighted by Crippen LogP contribution is 2.16. The van der Waals surface area contributed by atoms with Gasteiger partial charge in [-0.15, -0.1) is 10.2 Å². The molecule has 0 aliphatic rings. The van der Waals surface area contributed by atoms with Crippen LogP contribution in [-0.4, -0.2) is 15.0 Å². The zero-order valence-electron chi connectivity index (χ0n) is 7.19. The van der Waals surface area contributed by atoms with E-state index in [0.29, 0.717) is 16.3 Å². The second kappa shape index (κ2) is 4.11. The lowest BCUT2D eigenvalue weighted by Gasteiger charge is -1.98. The highest BCUT2D eigenvalue weighted by Gasteiger charge is 2.04. The molecule has 0 amide bonds. The Morgan fingerprint density at radius 3 is 2.50 bits per heavy atom. The first-order chi connectivity index (χ1) is 6.75. The SMILES string of the molecule is Clc1nn(Cc2ccccc2)nc1Br. The predicted molar refractivity (Wildman–Crippen MR) is 58.3 cm³/mol. The smallest absolute Gasteiger partial charge is 0.178 e. The molecule has 0 N–H and O–H groups in total. The molecule has 0 spiro atoms. The summed E-state index contributed by atoms with van der Waals surface area (Å²) in [5.74, 6) is 0. The van der Waals surface area contributed by atoms with Gasteiger partial charge in [-0.1, -0.05) is 41.9 Å². The van der Waals surface area contributed by atoms with Crippen LogP contribution >= 0.6 is 27.5 Å². The molecule has 2 aromatic rings. The summed E-state index contributed by atoms with van der Waals surface area (Å²) in [4.78, 5) is 1.56. The van der Waals surface area contributed by atoms with Crippen molar-refractivity contribution in [2.45, 2.75) is 6.54 Å². The van der Waals surface area contributed by atoms with Crippen molar-refractivity contribution in [2.75, 3.05) is 0 Å². The third kappa shape index (κ3) is 2.13. The molecule has 14 heavy (non-hydrogen) atoms. The quantitative estimate of drug-likeness (QED) is 0.841. The number of rotatable bonds is 2. The molecule has 2 rings (SSSR count). The molecule has 0 saturated heterocycles. The van der Waals surface area contributed by atoms with Crippen LogP contribution in [0.3, 0.4) is 0 Å². The highest BCUT2D eigenvalue weighted by molar-refractivity contribution is 9.10. The Kier molecular flexibility index (Phi) is 2.84. The Balaban J connectivity index is 2.19. The molecule has 0 radical (unpaired) electrons. The summed E-state index contributed by atoms with van der Waals surface area (Å²) in [5.41, 5.74) is 1.15. The first-order valence-corrected chi connectivity index (χ1v) is 5.23. The van der Waals surface area contributed by atoms with Crippen LogP contribution in [0, 0.1) is 0 Å². The van der Waals surface area contributed by atoms with E-state index >= 15 is 0 Å². The molecular formula is C9H7BrClN3. The standard InChI is InChI=1S/C9H7BrClN3/c10-8-9(11)13-14(12-8)6-7-4-2-1-3-5-7/h1-5H,6H2. The van der Waals surface area contributed by atoms with Crippen LogP contribution in [0.15, 0.2) is 34.9 Å². The highest BCUT2D eigenvalue weighted by atomic mass is 79.9. The fourth-order valence-corrected chi connectivity index (χ4v) is 1.51. The fourth-order valence-electron chi connectivity index (χ4n) is 1.12. The lowest BCUT2D eigenvalue weighted by molar-refractivity contribution is 0.589. The average Bonchev–Trinajstić information content (AvgIpc) is 2.47. The Bertz CT molecular complexity index is 407. The van der Waals surface area contributed by atoms with Crippen LogP contribution in [-0.2, 0) is 6.54 Å². The van der Waals surface area contributed by atoms with E-state index in [0.717, 1.165) is 5.56 Å². The average molecular weight is 273 g/mol. The van der Waals surface area contributed by atoms with Gasteiger partial charge in [-0.3, -0.25) is 0 Å². The Labute approximate surface area is 94.8 Å². The van der Waals surface area contributed by atoms with Gasteiger partial charge in [0, 0.05) is 0 Å². The second-order valence-electron chi connectivity index (χ2n) is 2.80. The van der Waals surface area contributed by atoms with Crippen molar-refractivity contribution in [3.63, 3.8) is 0 Å². The largest absolute Gasteiger partial charge is 0.185 e. The summed E-state index contributed by atoms with van der Waals surface area (Å²) in [6.45, 7) is 0.631. The van der Waals surface area contributed by atoms with E-state index in [1.54, 1.807) is 4.80 Å². The molecule has 0 saturated carbocycles. The van der Waals surface area contributed by atoms with Crippen LogP contribution in [0.4, 0.5) is 0 Å². The van der Waals surface area contributed by atoms with Gasteiger partial charge >= 0.3 is 0 Å². The molecule has 1 aromatic carbocycles. The summed E-state index contributed by atoms with van der Waals surface area (Å²) in [5, 5.41) is 8.52. The van der Waals surface area contributed by atoms with Crippen LogP contribution < -0.4 is 0 Å². The first kappa shape index (κ1) is 9.68. The Morgan fingerprint density at radius 2 is 1.93 bits per heavy atom. The maximum absolute atomic E-state index is 5.75. The van der Waals surface area contributed by atoms with Crippen molar-refractivity contribution < 1.29 is 0 Å². The zero-order valence-corrected chi connectivity index (χ0v) is 9.53. The van der Waals surface area contributed by atoms with Crippen molar-refractivity contribution in [3.8, 4) is 0 Å². The first-order valence-electron chi connectivity index (χ1n) is 4.06. The van der Waals surface area contributed by atoms with E-state index in [2.05, 4.69) is 26.1 Å². The van der Waals surface area contributed by atoms with Gasteiger partial charge in [0.25, 0.3) is 0 Å². The summed E-state index contributed by atoms with van der Waals surface area (Å²) >= 11 is 8.96. The number of hydrogen-bond donors (Lipinski definition) is 0. The molecule has 0 aliphatic carbocycles. The summed E-state index contributed by atoms with van der Waals surface area (Å²) in [6, 6.07) is 9.98. The van der Waals surface area contributed by atoms with E-state index in [4.69, 9.17) is 11.6 Å². The molecular weight excluding hydrogens is 265 g/mol. The molecule has 3 nitrogen and oxygen atoms in total. The topological polar surface area (TPSA) is 30.7 Å². The summed E-state index contributed by atoms with van der Waals surface area (Å²) < 4.78 is 0.579. The van der Waals surface area contributed by atoms with Crippen LogP contribution in [0.1, 0.15) is 5.56 Å². The van der Waals surface area contributed by atoms with E-state index in [1.807, 2.05) is 30.3 Å². The van der Waals surface area contributed by atoms with Gasteiger partial charge in [-0.25, -0.2) is 0 Å². The van der Waals surface area contributed by atoms with Gasteiger partial charge in [-0.2, -0.15) is 4.80 Å². The van der Waals surface area contributed by atoms with Gasteiger partial charge in [-0.05, 0) is 21.5 Å². The number of halogens is 2. The van der Waals surface area contributed by atoms with Crippen molar-refractivity contribution >= 4 is 27.5 Å². The molecule has 0 fully saturated rings. The van der Waals surface area contributed by atoms with Crippen molar-refractivity contribution in [2.24, 2.45) is 0 Å². The monoisotopic (exact) mass is 271 g/mol. The number of aromatic nitrogens is 3. The van der Waals surface area contributed by atoms with E-state index in [-0.39, 0.29) is 0 Å². The number of nitrogens with zero attached hydrogens (tertiary/aromatic N) is 3. The lowest BCUT2D eigenvalue weighted by Crippen LogP contribution is -2.03. The van der Waals surface area contributed by atoms with Crippen LogP contribution in [0.5, 0.6) is 0 Å².